The molecule has 1 rings (SSSR count). The van der Waals surface area contributed by atoms with Crippen LogP contribution in [0.15, 0.2) is 26.6 Å². The van der Waals surface area contributed by atoms with Crippen LogP contribution in [0, 0.1) is 28.5 Å². The van der Waals surface area contributed by atoms with Gasteiger partial charge in [0, 0.05) is 10.7 Å². The summed E-state index contributed by atoms with van der Waals surface area (Å²) in [6.07, 6.45) is 0.946. The Hall–Kier alpha value is -1.97. The second kappa shape index (κ2) is 5.78. The van der Waals surface area contributed by atoms with Gasteiger partial charge < -0.3 is 0 Å². The lowest BCUT2D eigenvalue weighted by molar-refractivity contribution is 0.595. The number of benzene rings is 1. The van der Waals surface area contributed by atoms with E-state index >= 15 is 0 Å². The number of anilines is 1. The minimum atomic E-state index is -3.57. The van der Waals surface area contributed by atoms with Crippen molar-refractivity contribution >= 4 is 37.2 Å². The Morgan fingerprint density at radius 3 is 2.47 bits per heavy atom. The fraction of sp³-hybridized carbons (Fsp3) is 0.100. The van der Waals surface area contributed by atoms with Gasteiger partial charge in [-0.2, -0.15) is 15.6 Å². The molecule has 9 heteroatoms. The minimum Gasteiger partial charge on any atom is -0.273 e. The maximum absolute atomic E-state index is 13.6. The molecule has 0 bridgehead atoms. The molecular formula is C10H6BrFN4O2S. The maximum atomic E-state index is 13.6. The van der Waals surface area contributed by atoms with Crippen molar-refractivity contribution in [3.8, 4) is 12.1 Å². The first kappa shape index (κ1) is 15.1. The molecule has 98 valence electrons. The highest BCUT2D eigenvalue weighted by molar-refractivity contribution is 9.10. The molecule has 0 saturated heterocycles. The predicted octanol–water partition coefficient (Wildman–Crippen LogP) is 1.81. The number of sulfone groups is 1. The summed E-state index contributed by atoms with van der Waals surface area (Å²) in [5, 5.41) is 20.3. The number of hydrogen-bond acceptors (Lipinski definition) is 6. The van der Waals surface area contributed by atoms with Crippen LogP contribution in [0.5, 0.6) is 0 Å². The van der Waals surface area contributed by atoms with E-state index in [0.29, 0.717) is 0 Å². The zero-order chi connectivity index (χ0) is 14.6. The number of halogens is 2. The van der Waals surface area contributed by atoms with Crippen LogP contribution in [-0.2, 0) is 9.84 Å². The number of hydrogen-bond donors (Lipinski definition) is 1. The van der Waals surface area contributed by atoms with Gasteiger partial charge in [-0.25, -0.2) is 12.8 Å². The summed E-state index contributed by atoms with van der Waals surface area (Å²) in [5.74, 6) is -0.873. The van der Waals surface area contributed by atoms with E-state index in [4.69, 9.17) is 10.5 Å². The van der Waals surface area contributed by atoms with E-state index in [2.05, 4.69) is 26.5 Å². The first-order valence-corrected chi connectivity index (χ1v) is 7.31. The molecule has 0 atom stereocenters. The van der Waals surface area contributed by atoms with Crippen molar-refractivity contribution in [2.45, 2.75) is 4.90 Å². The average Bonchev–Trinajstić information content (AvgIpc) is 2.32. The highest BCUT2D eigenvalue weighted by Crippen LogP contribution is 2.28. The molecule has 0 aliphatic rings. The van der Waals surface area contributed by atoms with E-state index in [0.717, 1.165) is 18.4 Å². The van der Waals surface area contributed by atoms with E-state index in [1.54, 1.807) is 0 Å². The topological polar surface area (TPSA) is 106 Å². The molecule has 0 fully saturated rings. The van der Waals surface area contributed by atoms with Gasteiger partial charge in [-0.1, -0.05) is 0 Å². The molecule has 0 amide bonds. The Labute approximate surface area is 117 Å². The van der Waals surface area contributed by atoms with E-state index in [-0.39, 0.29) is 15.1 Å². The molecule has 1 N–H and O–H groups in total. The second-order valence-corrected chi connectivity index (χ2v) is 6.17. The summed E-state index contributed by atoms with van der Waals surface area (Å²) < 4.78 is 36.5. The molecule has 1 aromatic carbocycles. The summed E-state index contributed by atoms with van der Waals surface area (Å²) in [5.41, 5.74) is 1.53. The quantitative estimate of drug-likeness (QED) is 0.664. The number of nitrogens with one attached hydrogen (secondary N) is 1. The van der Waals surface area contributed by atoms with Crippen molar-refractivity contribution in [2.75, 3.05) is 11.7 Å². The van der Waals surface area contributed by atoms with Gasteiger partial charge in [0.1, 0.15) is 18.0 Å². The summed E-state index contributed by atoms with van der Waals surface area (Å²) >= 11 is 2.99. The molecule has 0 radical (unpaired) electrons. The van der Waals surface area contributed by atoms with Crippen LogP contribution in [0.1, 0.15) is 0 Å². The first-order valence-electron chi connectivity index (χ1n) is 4.62. The van der Waals surface area contributed by atoms with Crippen LogP contribution in [0.4, 0.5) is 10.1 Å². The third-order valence-electron chi connectivity index (χ3n) is 1.92. The average molecular weight is 345 g/mol. The standard InChI is InChI=1S/C10H6BrFN4O2S/c1-19(17,18)10-3-8(12)9(2-7(10)11)16-15-6(4-13)5-14/h2-3,16H,1H3. The third-order valence-corrected chi connectivity index (χ3v) is 3.98. The molecule has 0 saturated carbocycles. The minimum absolute atomic E-state index is 0.143. The first-order chi connectivity index (χ1) is 8.79. The number of rotatable bonds is 3. The van der Waals surface area contributed by atoms with Crippen molar-refractivity contribution in [1.29, 1.82) is 10.5 Å². The van der Waals surface area contributed by atoms with Gasteiger partial charge in [-0.05, 0) is 28.1 Å². The lowest BCUT2D eigenvalue weighted by Gasteiger charge is -2.07. The van der Waals surface area contributed by atoms with Crippen LogP contribution < -0.4 is 5.43 Å². The van der Waals surface area contributed by atoms with Gasteiger partial charge in [0.2, 0.25) is 5.71 Å². The van der Waals surface area contributed by atoms with Crippen molar-refractivity contribution in [2.24, 2.45) is 5.10 Å². The van der Waals surface area contributed by atoms with E-state index in [9.17, 15) is 12.8 Å². The zero-order valence-electron chi connectivity index (χ0n) is 9.48. The molecule has 0 spiro atoms. The van der Waals surface area contributed by atoms with Gasteiger partial charge in [-0.3, -0.25) is 5.43 Å². The van der Waals surface area contributed by atoms with Crippen molar-refractivity contribution in [3.05, 3.63) is 22.4 Å². The van der Waals surface area contributed by atoms with E-state index < -0.39 is 21.4 Å². The lowest BCUT2D eigenvalue weighted by atomic mass is 10.3. The Kier molecular flexibility index (Phi) is 4.59. The predicted molar refractivity (Wildman–Crippen MR) is 69.5 cm³/mol. The summed E-state index contributed by atoms with van der Waals surface area (Å²) in [6, 6.07) is 4.95. The van der Waals surface area contributed by atoms with Crippen LogP contribution in [0.3, 0.4) is 0 Å². The van der Waals surface area contributed by atoms with Gasteiger partial charge >= 0.3 is 0 Å². The second-order valence-electron chi connectivity index (χ2n) is 3.33. The Morgan fingerprint density at radius 1 is 1.42 bits per heavy atom. The summed E-state index contributed by atoms with van der Waals surface area (Å²) in [6.45, 7) is 0. The van der Waals surface area contributed by atoms with Gasteiger partial charge in [0.05, 0.1) is 10.6 Å². The monoisotopic (exact) mass is 344 g/mol. The number of hydrazone groups is 1. The normalized spacial score (nSPS) is 10.2. The smallest absolute Gasteiger partial charge is 0.237 e. The van der Waals surface area contributed by atoms with Gasteiger partial charge in [0.25, 0.3) is 0 Å². The van der Waals surface area contributed by atoms with E-state index in [1.165, 1.54) is 12.1 Å². The molecule has 1 aromatic rings. The van der Waals surface area contributed by atoms with Gasteiger partial charge in [-0.15, -0.1) is 0 Å². The fourth-order valence-electron chi connectivity index (χ4n) is 1.09. The molecule has 0 aliphatic heterocycles. The van der Waals surface area contributed by atoms with Crippen LogP contribution in [0.25, 0.3) is 0 Å². The van der Waals surface area contributed by atoms with Crippen LogP contribution in [-0.4, -0.2) is 20.4 Å². The molecule has 19 heavy (non-hydrogen) atoms. The fourth-order valence-corrected chi connectivity index (χ4v) is 3.05. The van der Waals surface area contributed by atoms with Crippen LogP contribution >= 0.6 is 15.9 Å². The molecular weight excluding hydrogens is 339 g/mol. The number of nitriles is 2. The van der Waals surface area contributed by atoms with Crippen molar-refractivity contribution < 1.29 is 12.8 Å². The Bertz CT molecular complexity index is 715. The number of nitrogens with zero attached hydrogens (tertiary/aromatic N) is 3. The van der Waals surface area contributed by atoms with Gasteiger partial charge in [0.15, 0.2) is 9.84 Å². The highest BCUT2D eigenvalue weighted by Gasteiger charge is 2.16. The molecule has 0 aromatic heterocycles. The maximum Gasteiger partial charge on any atom is 0.237 e. The molecule has 6 nitrogen and oxygen atoms in total. The van der Waals surface area contributed by atoms with Crippen LogP contribution in [0.2, 0.25) is 0 Å². The summed E-state index contributed by atoms with van der Waals surface area (Å²) in [7, 11) is -3.57. The molecule has 0 heterocycles. The van der Waals surface area contributed by atoms with Crippen molar-refractivity contribution in [1.82, 2.24) is 0 Å². The van der Waals surface area contributed by atoms with Crippen molar-refractivity contribution in [3.63, 3.8) is 0 Å². The molecule has 0 unspecified atom stereocenters. The third kappa shape index (κ3) is 3.74. The Morgan fingerprint density at radius 2 is 2.00 bits per heavy atom. The zero-order valence-corrected chi connectivity index (χ0v) is 11.9. The SMILES string of the molecule is CS(=O)(=O)c1cc(F)c(NN=C(C#N)C#N)cc1Br. The highest BCUT2D eigenvalue weighted by atomic mass is 79.9. The summed E-state index contributed by atoms with van der Waals surface area (Å²) in [4.78, 5) is -0.208. The largest absolute Gasteiger partial charge is 0.273 e. The Balaban J connectivity index is 3.23. The van der Waals surface area contributed by atoms with E-state index in [1.807, 2.05) is 0 Å². The lowest BCUT2D eigenvalue weighted by Crippen LogP contribution is -2.03. The molecule has 0 aliphatic carbocycles.